The van der Waals surface area contributed by atoms with Crippen molar-refractivity contribution in [3.8, 4) is 0 Å². The van der Waals surface area contributed by atoms with Gasteiger partial charge in [-0.3, -0.25) is 0 Å². The highest BCUT2D eigenvalue weighted by Crippen LogP contribution is 2.27. The van der Waals surface area contributed by atoms with E-state index >= 15 is 0 Å². The van der Waals surface area contributed by atoms with E-state index in [4.69, 9.17) is 4.98 Å². The average Bonchev–Trinajstić information content (AvgIpc) is 3.27. The van der Waals surface area contributed by atoms with Gasteiger partial charge in [0.05, 0.1) is 17.6 Å². The Balaban J connectivity index is 1.08. The maximum Gasteiger partial charge on any atom is 0.204 e. The number of piperidine rings is 2. The summed E-state index contributed by atoms with van der Waals surface area (Å²) in [6.45, 7) is 5.05. The molecule has 0 aliphatic carbocycles. The van der Waals surface area contributed by atoms with Crippen molar-refractivity contribution >= 4 is 22.8 Å². The Hall–Kier alpha value is -3.45. The first-order valence-corrected chi connectivity index (χ1v) is 13.1. The van der Waals surface area contributed by atoms with Gasteiger partial charge in [0.2, 0.25) is 5.95 Å². The Kier molecular flexibility index (Phi) is 6.55. The van der Waals surface area contributed by atoms with Gasteiger partial charge in [0, 0.05) is 44.5 Å². The van der Waals surface area contributed by atoms with Crippen LogP contribution in [0.5, 0.6) is 0 Å². The number of para-hydroxylation sites is 2. The van der Waals surface area contributed by atoms with E-state index in [2.05, 4.69) is 48.9 Å². The van der Waals surface area contributed by atoms with Crippen molar-refractivity contribution in [3.63, 3.8) is 0 Å². The highest BCUT2D eigenvalue weighted by Gasteiger charge is 2.29. The van der Waals surface area contributed by atoms with Crippen LogP contribution in [0.1, 0.15) is 31.2 Å². The minimum Gasteiger partial charge on any atom is -0.357 e. The summed E-state index contributed by atoms with van der Waals surface area (Å²) in [5.41, 5.74) is 3.15. The lowest BCUT2D eigenvalue weighted by Crippen LogP contribution is -2.49. The van der Waals surface area contributed by atoms with Crippen LogP contribution in [0.2, 0.25) is 0 Å². The van der Waals surface area contributed by atoms with Gasteiger partial charge in [-0.1, -0.05) is 30.3 Å². The summed E-state index contributed by atoms with van der Waals surface area (Å²) < 4.78 is 15.7. The number of benzene rings is 2. The molecule has 36 heavy (non-hydrogen) atoms. The number of nitrogens with one attached hydrogen (secondary N) is 1. The fraction of sp³-hybridized carbons (Fsp3) is 0.379. The highest BCUT2D eigenvalue weighted by molar-refractivity contribution is 5.78. The van der Waals surface area contributed by atoms with E-state index in [1.54, 1.807) is 0 Å². The van der Waals surface area contributed by atoms with Gasteiger partial charge in [-0.15, -0.1) is 0 Å². The van der Waals surface area contributed by atoms with E-state index in [0.29, 0.717) is 18.6 Å². The minimum atomic E-state index is -0.207. The quantitative estimate of drug-likeness (QED) is 0.410. The molecular formula is C29H33FN6. The zero-order chi connectivity index (χ0) is 24.3. The molecule has 1 N–H and O–H groups in total. The Morgan fingerprint density at radius 3 is 2.33 bits per heavy atom. The van der Waals surface area contributed by atoms with Crippen LogP contribution in [-0.4, -0.2) is 57.7 Å². The molecule has 186 valence electrons. The van der Waals surface area contributed by atoms with Crippen molar-refractivity contribution in [1.29, 1.82) is 0 Å². The third-order valence-corrected chi connectivity index (χ3v) is 7.73. The number of halogens is 1. The zero-order valence-electron chi connectivity index (χ0n) is 20.6. The largest absolute Gasteiger partial charge is 0.357 e. The number of nitrogens with zero attached hydrogens (tertiary/aromatic N) is 5. The molecule has 4 heterocycles. The number of rotatable bonds is 6. The van der Waals surface area contributed by atoms with E-state index in [1.807, 2.05) is 36.5 Å². The first-order valence-electron chi connectivity index (χ1n) is 13.1. The number of likely N-dealkylation sites (tertiary alicyclic amines) is 1. The Morgan fingerprint density at radius 2 is 1.58 bits per heavy atom. The van der Waals surface area contributed by atoms with Gasteiger partial charge < -0.3 is 19.7 Å². The molecule has 7 heteroatoms. The predicted octanol–water partition coefficient (Wildman–Crippen LogP) is 5.16. The lowest BCUT2D eigenvalue weighted by atomic mass is 9.98. The summed E-state index contributed by atoms with van der Waals surface area (Å²) in [5.74, 6) is 1.80. The highest BCUT2D eigenvalue weighted by atomic mass is 19.1. The van der Waals surface area contributed by atoms with Crippen LogP contribution >= 0.6 is 0 Å². The maximum absolute atomic E-state index is 13.4. The molecule has 0 amide bonds. The van der Waals surface area contributed by atoms with Crippen molar-refractivity contribution in [1.82, 2.24) is 19.4 Å². The minimum absolute atomic E-state index is 0.207. The molecule has 0 unspecified atom stereocenters. The van der Waals surface area contributed by atoms with Crippen molar-refractivity contribution < 1.29 is 4.39 Å². The first-order chi connectivity index (χ1) is 17.7. The maximum atomic E-state index is 13.4. The third-order valence-electron chi connectivity index (χ3n) is 7.73. The summed E-state index contributed by atoms with van der Waals surface area (Å²) in [6.07, 6.45) is 6.50. The molecule has 0 radical (unpaired) electrons. The lowest BCUT2D eigenvalue weighted by Gasteiger charge is -2.42. The van der Waals surface area contributed by atoms with Crippen LogP contribution in [0.3, 0.4) is 0 Å². The molecule has 0 bridgehead atoms. The molecule has 0 saturated carbocycles. The van der Waals surface area contributed by atoms with E-state index in [9.17, 15) is 4.39 Å². The molecule has 2 aromatic heterocycles. The molecule has 2 aromatic carbocycles. The van der Waals surface area contributed by atoms with Crippen LogP contribution in [0.15, 0.2) is 72.9 Å². The van der Waals surface area contributed by atoms with E-state index < -0.39 is 0 Å². The topological polar surface area (TPSA) is 49.2 Å². The molecular weight excluding hydrogens is 451 g/mol. The average molecular weight is 485 g/mol. The van der Waals surface area contributed by atoms with E-state index in [1.165, 1.54) is 25.0 Å². The van der Waals surface area contributed by atoms with Gasteiger partial charge in [-0.05, 0) is 67.6 Å². The third kappa shape index (κ3) is 4.93. The van der Waals surface area contributed by atoms with Crippen molar-refractivity contribution in [3.05, 3.63) is 84.3 Å². The molecule has 2 fully saturated rings. The van der Waals surface area contributed by atoms with Crippen LogP contribution in [0.4, 0.5) is 16.2 Å². The second-order valence-corrected chi connectivity index (χ2v) is 10.00. The van der Waals surface area contributed by atoms with Gasteiger partial charge in [0.25, 0.3) is 0 Å². The molecule has 2 aliphatic rings. The van der Waals surface area contributed by atoms with Crippen LogP contribution in [0, 0.1) is 5.82 Å². The second kappa shape index (κ2) is 10.3. The van der Waals surface area contributed by atoms with Gasteiger partial charge in [-0.2, -0.15) is 0 Å². The second-order valence-electron chi connectivity index (χ2n) is 10.00. The zero-order valence-corrected chi connectivity index (χ0v) is 20.6. The van der Waals surface area contributed by atoms with Gasteiger partial charge in [0.15, 0.2) is 0 Å². The Morgan fingerprint density at radius 1 is 0.833 bits per heavy atom. The summed E-state index contributed by atoms with van der Waals surface area (Å²) in [4.78, 5) is 14.5. The van der Waals surface area contributed by atoms with Crippen LogP contribution < -0.4 is 10.2 Å². The number of pyridine rings is 1. The van der Waals surface area contributed by atoms with Gasteiger partial charge >= 0.3 is 0 Å². The molecule has 2 aliphatic heterocycles. The first kappa shape index (κ1) is 23.0. The Bertz CT molecular complexity index is 1270. The smallest absolute Gasteiger partial charge is 0.204 e. The number of hydrogen-bond acceptors (Lipinski definition) is 5. The molecule has 6 nitrogen and oxygen atoms in total. The van der Waals surface area contributed by atoms with Crippen molar-refractivity contribution in [2.75, 3.05) is 36.4 Å². The molecule has 2 saturated heterocycles. The van der Waals surface area contributed by atoms with Crippen molar-refractivity contribution in [2.45, 2.75) is 44.3 Å². The molecule has 4 aromatic rings. The predicted molar refractivity (Wildman–Crippen MR) is 143 cm³/mol. The molecule has 0 atom stereocenters. The summed E-state index contributed by atoms with van der Waals surface area (Å²) in [6, 6.07) is 22.2. The monoisotopic (exact) mass is 484 g/mol. The van der Waals surface area contributed by atoms with Gasteiger partial charge in [0.1, 0.15) is 11.6 Å². The number of anilines is 2. The molecule has 6 rings (SSSR count). The normalized spacial score (nSPS) is 18.1. The number of fused-ring (bicyclic) bond motifs is 1. The number of aromatic nitrogens is 3. The summed E-state index contributed by atoms with van der Waals surface area (Å²) in [5, 5.41) is 3.76. The van der Waals surface area contributed by atoms with Crippen molar-refractivity contribution in [2.24, 2.45) is 0 Å². The summed E-state index contributed by atoms with van der Waals surface area (Å²) in [7, 11) is 0. The van der Waals surface area contributed by atoms with E-state index in [0.717, 1.165) is 67.4 Å². The number of imidazole rings is 1. The van der Waals surface area contributed by atoms with E-state index in [-0.39, 0.29) is 5.82 Å². The fourth-order valence-corrected chi connectivity index (χ4v) is 5.71. The standard InChI is InChI=1S/C29H33FN6/c30-23-10-8-22(9-11-23)21-36-27-6-2-1-5-26(27)33-29(36)32-24-12-17-34(18-13-24)25-14-19-35(20-15-25)28-7-3-4-16-31-28/h1-11,16,24-25H,12-15,17-21H2,(H,32,33). The van der Waals surface area contributed by atoms with Crippen LogP contribution in [-0.2, 0) is 6.54 Å². The SMILES string of the molecule is Fc1ccc(Cn2c(NC3CCN(C4CCN(c5ccccn5)CC4)CC3)nc3ccccc32)cc1. The number of hydrogen-bond donors (Lipinski definition) is 1. The lowest BCUT2D eigenvalue weighted by molar-refractivity contribution is 0.135. The Labute approximate surface area is 211 Å². The molecule has 0 spiro atoms. The summed E-state index contributed by atoms with van der Waals surface area (Å²) >= 11 is 0. The van der Waals surface area contributed by atoms with Crippen LogP contribution in [0.25, 0.3) is 11.0 Å². The van der Waals surface area contributed by atoms with Gasteiger partial charge in [-0.25, -0.2) is 14.4 Å². The fourth-order valence-electron chi connectivity index (χ4n) is 5.71.